The molecular weight excluding hydrogens is 220 g/mol. The first-order valence-corrected chi connectivity index (χ1v) is 5.50. The van der Waals surface area contributed by atoms with Gasteiger partial charge in [-0.15, -0.1) is 0 Å². The fraction of sp³-hybridized carbons (Fsp3) is 0.500. The van der Waals surface area contributed by atoms with Crippen LogP contribution in [-0.4, -0.2) is 34.8 Å². The second kappa shape index (κ2) is 5.63. The first-order valence-electron chi connectivity index (χ1n) is 5.50. The van der Waals surface area contributed by atoms with Crippen LogP contribution in [-0.2, 0) is 4.74 Å². The number of esters is 1. The average molecular weight is 238 g/mol. The van der Waals surface area contributed by atoms with E-state index in [1.165, 1.54) is 6.20 Å². The maximum Gasteiger partial charge on any atom is 0.341 e. The number of hydrogen-bond acceptors (Lipinski definition) is 5. The third-order valence-corrected chi connectivity index (χ3v) is 2.18. The first kappa shape index (κ1) is 13.4. The lowest BCUT2D eigenvalue weighted by Gasteiger charge is -2.25. The molecule has 0 saturated carbocycles. The van der Waals surface area contributed by atoms with Gasteiger partial charge in [0.25, 0.3) is 0 Å². The van der Waals surface area contributed by atoms with Crippen LogP contribution in [0.2, 0.25) is 0 Å². The van der Waals surface area contributed by atoms with E-state index in [1.807, 2.05) is 13.8 Å². The fourth-order valence-corrected chi connectivity index (χ4v) is 1.28. The summed E-state index contributed by atoms with van der Waals surface area (Å²) in [6.45, 7) is 5.69. The minimum absolute atomic E-state index is 0.0441. The van der Waals surface area contributed by atoms with Crippen LogP contribution in [0.4, 0.5) is 5.69 Å². The normalized spacial score (nSPS) is 11.1. The molecule has 1 aromatic rings. The standard InChI is InChI=1S/C12H18N2O3/c1-4-17-11(16)9-7-13-6-5-10(9)14-12(2,3)8-15/h5-7,15H,4,8H2,1-3H3,(H,13,14). The van der Waals surface area contributed by atoms with Crippen molar-refractivity contribution >= 4 is 11.7 Å². The fourth-order valence-electron chi connectivity index (χ4n) is 1.28. The van der Waals surface area contributed by atoms with E-state index >= 15 is 0 Å². The molecule has 1 rings (SSSR count). The van der Waals surface area contributed by atoms with Crippen molar-refractivity contribution in [2.24, 2.45) is 0 Å². The molecule has 0 atom stereocenters. The van der Waals surface area contributed by atoms with Crippen LogP contribution >= 0.6 is 0 Å². The van der Waals surface area contributed by atoms with Gasteiger partial charge in [0, 0.05) is 12.4 Å². The van der Waals surface area contributed by atoms with E-state index in [4.69, 9.17) is 4.74 Å². The Kier molecular flexibility index (Phi) is 4.45. The van der Waals surface area contributed by atoms with Crippen LogP contribution in [0.25, 0.3) is 0 Å². The number of anilines is 1. The van der Waals surface area contributed by atoms with E-state index in [0.717, 1.165) is 0 Å². The van der Waals surface area contributed by atoms with E-state index in [9.17, 15) is 9.90 Å². The number of ether oxygens (including phenoxy) is 1. The molecule has 5 heteroatoms. The summed E-state index contributed by atoms with van der Waals surface area (Å²) in [6.07, 6.45) is 3.03. The zero-order valence-electron chi connectivity index (χ0n) is 10.4. The number of rotatable bonds is 5. The first-order chi connectivity index (χ1) is 8.00. The minimum Gasteiger partial charge on any atom is -0.462 e. The Balaban J connectivity index is 2.96. The summed E-state index contributed by atoms with van der Waals surface area (Å²) in [5.41, 5.74) is 0.469. The van der Waals surface area contributed by atoms with E-state index in [0.29, 0.717) is 17.9 Å². The van der Waals surface area contributed by atoms with E-state index in [2.05, 4.69) is 10.3 Å². The highest BCUT2D eigenvalue weighted by atomic mass is 16.5. The summed E-state index contributed by atoms with van der Waals surface area (Å²) in [4.78, 5) is 15.6. The molecule has 0 bridgehead atoms. The molecule has 0 aliphatic carbocycles. The SMILES string of the molecule is CCOC(=O)c1cnccc1NC(C)(C)CO. The number of aliphatic hydroxyl groups excluding tert-OH is 1. The molecule has 0 fully saturated rings. The lowest BCUT2D eigenvalue weighted by atomic mass is 10.1. The molecule has 1 aromatic heterocycles. The van der Waals surface area contributed by atoms with E-state index in [1.54, 1.807) is 19.2 Å². The Labute approximate surface area is 101 Å². The van der Waals surface area contributed by atoms with Gasteiger partial charge in [0.1, 0.15) is 5.56 Å². The van der Waals surface area contributed by atoms with Crippen LogP contribution in [0.3, 0.4) is 0 Å². The van der Waals surface area contributed by atoms with Crippen LogP contribution < -0.4 is 5.32 Å². The molecule has 0 saturated heterocycles. The van der Waals surface area contributed by atoms with Crippen LogP contribution in [0.5, 0.6) is 0 Å². The molecule has 0 unspecified atom stereocenters. The highest BCUT2D eigenvalue weighted by molar-refractivity contribution is 5.95. The number of carbonyl (C=O) groups is 1. The highest BCUT2D eigenvalue weighted by Gasteiger charge is 2.20. The van der Waals surface area contributed by atoms with Gasteiger partial charge in [0.05, 0.1) is 24.4 Å². The van der Waals surface area contributed by atoms with Crippen LogP contribution in [0.15, 0.2) is 18.5 Å². The van der Waals surface area contributed by atoms with Gasteiger partial charge in [-0.2, -0.15) is 0 Å². The van der Waals surface area contributed by atoms with Gasteiger partial charge in [-0.1, -0.05) is 0 Å². The maximum atomic E-state index is 11.7. The quantitative estimate of drug-likeness (QED) is 0.759. The molecule has 0 spiro atoms. The van der Waals surface area contributed by atoms with Crippen LogP contribution in [0.1, 0.15) is 31.1 Å². The van der Waals surface area contributed by atoms with Crippen LogP contribution in [0, 0.1) is 0 Å². The summed E-state index contributed by atoms with van der Waals surface area (Å²) in [5.74, 6) is -0.420. The molecule has 1 heterocycles. The number of pyridine rings is 1. The second-order valence-electron chi connectivity index (χ2n) is 4.31. The molecule has 0 aliphatic rings. The Morgan fingerprint density at radius 3 is 2.88 bits per heavy atom. The number of nitrogens with zero attached hydrogens (tertiary/aromatic N) is 1. The van der Waals surface area contributed by atoms with Crippen molar-refractivity contribution in [3.05, 3.63) is 24.0 Å². The van der Waals surface area contributed by atoms with Gasteiger partial charge >= 0.3 is 5.97 Å². The largest absolute Gasteiger partial charge is 0.462 e. The van der Waals surface area contributed by atoms with Gasteiger partial charge in [-0.3, -0.25) is 4.98 Å². The summed E-state index contributed by atoms with van der Waals surface area (Å²) in [7, 11) is 0. The third-order valence-electron chi connectivity index (χ3n) is 2.18. The number of aliphatic hydroxyl groups is 1. The molecular formula is C12H18N2O3. The Bertz CT molecular complexity index is 391. The number of nitrogens with one attached hydrogen (secondary N) is 1. The van der Waals surface area contributed by atoms with Gasteiger partial charge < -0.3 is 15.2 Å². The van der Waals surface area contributed by atoms with Crippen molar-refractivity contribution in [3.8, 4) is 0 Å². The second-order valence-corrected chi connectivity index (χ2v) is 4.31. The number of aromatic nitrogens is 1. The number of carbonyl (C=O) groups excluding carboxylic acids is 1. The monoisotopic (exact) mass is 238 g/mol. The summed E-state index contributed by atoms with van der Waals surface area (Å²) in [6, 6.07) is 1.68. The van der Waals surface area contributed by atoms with Gasteiger partial charge in [0.2, 0.25) is 0 Å². The highest BCUT2D eigenvalue weighted by Crippen LogP contribution is 2.19. The van der Waals surface area contributed by atoms with Gasteiger partial charge in [-0.25, -0.2) is 4.79 Å². The molecule has 94 valence electrons. The lowest BCUT2D eigenvalue weighted by molar-refractivity contribution is 0.0527. The lowest BCUT2D eigenvalue weighted by Crippen LogP contribution is -2.35. The molecule has 0 aliphatic heterocycles. The smallest absolute Gasteiger partial charge is 0.341 e. The van der Waals surface area contributed by atoms with Crippen molar-refractivity contribution in [1.82, 2.24) is 4.98 Å². The van der Waals surface area contributed by atoms with Crippen molar-refractivity contribution in [1.29, 1.82) is 0 Å². The van der Waals surface area contributed by atoms with Crippen molar-refractivity contribution < 1.29 is 14.6 Å². The minimum atomic E-state index is -0.511. The Morgan fingerprint density at radius 2 is 2.29 bits per heavy atom. The van der Waals surface area contributed by atoms with Crippen molar-refractivity contribution in [2.45, 2.75) is 26.3 Å². The predicted octanol–water partition coefficient (Wildman–Crippen LogP) is 1.44. The molecule has 17 heavy (non-hydrogen) atoms. The Hall–Kier alpha value is -1.62. The summed E-state index contributed by atoms with van der Waals surface area (Å²) in [5, 5.41) is 12.3. The molecule has 0 amide bonds. The van der Waals surface area contributed by atoms with E-state index in [-0.39, 0.29) is 6.61 Å². The molecule has 0 radical (unpaired) electrons. The van der Waals surface area contributed by atoms with Gasteiger partial charge in [-0.05, 0) is 26.8 Å². The van der Waals surface area contributed by atoms with Crippen molar-refractivity contribution in [2.75, 3.05) is 18.5 Å². The van der Waals surface area contributed by atoms with E-state index < -0.39 is 11.5 Å². The maximum absolute atomic E-state index is 11.7. The topological polar surface area (TPSA) is 71.5 Å². The van der Waals surface area contributed by atoms with Gasteiger partial charge in [0.15, 0.2) is 0 Å². The summed E-state index contributed by atoms with van der Waals surface area (Å²) < 4.78 is 4.94. The Morgan fingerprint density at radius 1 is 1.59 bits per heavy atom. The van der Waals surface area contributed by atoms with Crippen molar-refractivity contribution in [3.63, 3.8) is 0 Å². The zero-order valence-corrected chi connectivity index (χ0v) is 10.4. The zero-order chi connectivity index (χ0) is 12.9. The molecule has 2 N–H and O–H groups in total. The number of hydrogen-bond donors (Lipinski definition) is 2. The summed E-state index contributed by atoms with van der Waals surface area (Å²) >= 11 is 0. The molecule has 5 nitrogen and oxygen atoms in total. The third kappa shape index (κ3) is 3.71. The molecule has 0 aromatic carbocycles. The average Bonchev–Trinajstić information content (AvgIpc) is 2.29. The predicted molar refractivity (Wildman–Crippen MR) is 65.0 cm³/mol.